The van der Waals surface area contributed by atoms with Gasteiger partial charge in [-0.25, -0.2) is 0 Å². The Balaban J connectivity index is 1.82. The number of carbonyl (C=O) groups excluding carboxylic acids is 1. The van der Waals surface area contributed by atoms with Crippen LogP contribution in [0.15, 0.2) is 34.9 Å². The Morgan fingerprint density at radius 1 is 1.30 bits per heavy atom. The largest absolute Gasteiger partial charge is 0.311 e. The quantitative estimate of drug-likeness (QED) is 0.452. The molecule has 0 aromatic heterocycles. The molecule has 2 atom stereocenters. The van der Waals surface area contributed by atoms with Crippen LogP contribution in [0.3, 0.4) is 0 Å². The molecule has 1 saturated heterocycles. The first kappa shape index (κ1) is 16.1. The van der Waals surface area contributed by atoms with Crippen molar-refractivity contribution in [2.75, 3.05) is 5.75 Å². The number of nitro benzene ring substituents is 1. The van der Waals surface area contributed by atoms with E-state index in [1.54, 1.807) is 12.1 Å². The Labute approximate surface area is 139 Å². The van der Waals surface area contributed by atoms with E-state index in [4.69, 9.17) is 0 Å². The molecule has 1 amide bonds. The van der Waals surface area contributed by atoms with Crippen LogP contribution in [0, 0.1) is 16.0 Å². The molecular weight excluding hydrogens is 312 g/mol. The molecule has 5 nitrogen and oxygen atoms in total. The topological polar surface area (TPSA) is 63.5 Å². The second-order valence-electron chi connectivity index (χ2n) is 5.90. The maximum absolute atomic E-state index is 12.4. The van der Waals surface area contributed by atoms with E-state index in [-0.39, 0.29) is 17.5 Å². The molecule has 0 spiro atoms. The molecule has 0 N–H and O–H groups in total. The van der Waals surface area contributed by atoms with Crippen molar-refractivity contribution >= 4 is 23.4 Å². The molecule has 0 saturated carbocycles. The average Bonchev–Trinajstić information content (AvgIpc) is 2.83. The molecule has 2 aliphatic heterocycles. The van der Waals surface area contributed by atoms with Crippen LogP contribution in [-0.4, -0.2) is 27.5 Å². The van der Waals surface area contributed by atoms with Crippen molar-refractivity contribution in [3.8, 4) is 0 Å². The highest BCUT2D eigenvalue weighted by Gasteiger charge is 2.51. The molecule has 3 rings (SSSR count). The first-order valence-corrected chi connectivity index (χ1v) is 8.96. The molecule has 0 aliphatic carbocycles. The summed E-state index contributed by atoms with van der Waals surface area (Å²) in [5.41, 5.74) is 2.21. The van der Waals surface area contributed by atoms with Gasteiger partial charge in [0.25, 0.3) is 5.69 Å². The van der Waals surface area contributed by atoms with Crippen LogP contribution in [0.2, 0.25) is 0 Å². The predicted molar refractivity (Wildman–Crippen MR) is 91.0 cm³/mol. The van der Waals surface area contributed by atoms with Crippen molar-refractivity contribution in [1.29, 1.82) is 0 Å². The van der Waals surface area contributed by atoms with Crippen LogP contribution in [0.5, 0.6) is 0 Å². The Morgan fingerprint density at radius 3 is 2.57 bits per heavy atom. The SMILES string of the molecule is CCSC1=C(Cc2ccc([N+](=O)[O-])cc2)N2C(=O)C(CC)C2C1. The van der Waals surface area contributed by atoms with Crippen LogP contribution >= 0.6 is 11.8 Å². The summed E-state index contributed by atoms with van der Waals surface area (Å²) in [7, 11) is 0. The first-order chi connectivity index (χ1) is 11.1. The van der Waals surface area contributed by atoms with Gasteiger partial charge in [0.15, 0.2) is 0 Å². The molecule has 1 fully saturated rings. The van der Waals surface area contributed by atoms with Crippen molar-refractivity contribution in [2.24, 2.45) is 5.92 Å². The number of allylic oxidation sites excluding steroid dienone is 1. The highest BCUT2D eigenvalue weighted by Crippen LogP contribution is 2.47. The van der Waals surface area contributed by atoms with Crippen LogP contribution < -0.4 is 0 Å². The van der Waals surface area contributed by atoms with Crippen molar-refractivity contribution in [2.45, 2.75) is 39.2 Å². The Bertz CT molecular complexity index is 669. The van der Waals surface area contributed by atoms with Crippen LogP contribution in [0.1, 0.15) is 32.3 Å². The number of non-ortho nitro benzene ring substituents is 1. The van der Waals surface area contributed by atoms with E-state index in [1.807, 2.05) is 16.7 Å². The fraction of sp³-hybridized carbons (Fsp3) is 0.471. The number of amides is 1. The molecular formula is C17H20N2O3S. The Hall–Kier alpha value is -1.82. The molecule has 2 aliphatic rings. The molecule has 0 radical (unpaired) electrons. The van der Waals surface area contributed by atoms with Crippen LogP contribution in [0.25, 0.3) is 0 Å². The van der Waals surface area contributed by atoms with Gasteiger partial charge in [0.1, 0.15) is 0 Å². The number of nitrogens with zero attached hydrogens (tertiary/aromatic N) is 2. The van der Waals surface area contributed by atoms with Gasteiger partial charge in [0, 0.05) is 35.6 Å². The molecule has 23 heavy (non-hydrogen) atoms. The summed E-state index contributed by atoms with van der Waals surface area (Å²) in [4.78, 5) is 26.0. The lowest BCUT2D eigenvalue weighted by Crippen LogP contribution is -2.57. The molecule has 1 aromatic carbocycles. The Morgan fingerprint density at radius 2 is 2.00 bits per heavy atom. The summed E-state index contributed by atoms with van der Waals surface area (Å²) in [6.07, 6.45) is 2.53. The number of thioether (sulfide) groups is 1. The minimum absolute atomic E-state index is 0.0984. The zero-order valence-electron chi connectivity index (χ0n) is 13.3. The van der Waals surface area contributed by atoms with Gasteiger partial charge < -0.3 is 4.90 Å². The summed E-state index contributed by atoms with van der Waals surface area (Å²) in [5, 5.41) is 10.8. The van der Waals surface area contributed by atoms with Gasteiger partial charge >= 0.3 is 0 Å². The third-order valence-corrected chi connectivity index (χ3v) is 5.67. The van der Waals surface area contributed by atoms with E-state index in [2.05, 4.69) is 13.8 Å². The fourth-order valence-corrected chi connectivity index (χ4v) is 4.46. The first-order valence-electron chi connectivity index (χ1n) is 7.98. The van der Waals surface area contributed by atoms with Crippen molar-refractivity contribution in [3.05, 3.63) is 50.5 Å². The van der Waals surface area contributed by atoms with Gasteiger partial charge in [0.05, 0.1) is 16.9 Å². The minimum Gasteiger partial charge on any atom is -0.311 e. The fourth-order valence-electron chi connectivity index (χ4n) is 3.49. The summed E-state index contributed by atoms with van der Waals surface area (Å²) in [6.45, 7) is 4.19. The second-order valence-corrected chi connectivity index (χ2v) is 7.26. The predicted octanol–water partition coefficient (Wildman–Crippen LogP) is 3.74. The van der Waals surface area contributed by atoms with E-state index in [0.29, 0.717) is 12.5 Å². The lowest BCUT2D eigenvalue weighted by atomic mass is 9.85. The summed E-state index contributed by atoms with van der Waals surface area (Å²) >= 11 is 1.81. The van der Waals surface area contributed by atoms with Gasteiger partial charge in [-0.3, -0.25) is 14.9 Å². The molecule has 0 bridgehead atoms. The van der Waals surface area contributed by atoms with E-state index < -0.39 is 4.92 Å². The molecule has 6 heteroatoms. The number of rotatable bonds is 6. The normalized spacial score (nSPS) is 23.0. The average molecular weight is 332 g/mol. The number of nitro groups is 1. The monoisotopic (exact) mass is 332 g/mol. The highest BCUT2D eigenvalue weighted by atomic mass is 32.2. The summed E-state index contributed by atoms with van der Waals surface area (Å²) in [6, 6.07) is 6.96. The van der Waals surface area contributed by atoms with E-state index in [9.17, 15) is 14.9 Å². The third-order valence-electron chi connectivity index (χ3n) is 4.64. The van der Waals surface area contributed by atoms with E-state index >= 15 is 0 Å². The molecule has 2 unspecified atom stereocenters. The number of benzene rings is 1. The van der Waals surface area contributed by atoms with Crippen molar-refractivity contribution in [1.82, 2.24) is 4.90 Å². The molecule has 2 heterocycles. The third kappa shape index (κ3) is 2.76. The standard InChI is InChI=1S/C17H20N2O3S/c1-3-13-14-10-16(23-4-2)15(18(14)17(13)20)9-11-5-7-12(8-6-11)19(21)22/h5-8,13-14H,3-4,9-10H2,1-2H3. The van der Waals surface area contributed by atoms with Gasteiger partial charge in [-0.1, -0.05) is 26.0 Å². The maximum Gasteiger partial charge on any atom is 0.269 e. The number of β-lactam (4-membered cyclic amide) rings is 1. The van der Waals surface area contributed by atoms with Gasteiger partial charge in [-0.05, 0) is 17.7 Å². The van der Waals surface area contributed by atoms with Gasteiger partial charge in [-0.15, -0.1) is 11.8 Å². The lowest BCUT2D eigenvalue weighted by Gasteiger charge is -2.44. The maximum atomic E-state index is 12.4. The van der Waals surface area contributed by atoms with Crippen molar-refractivity contribution < 1.29 is 9.72 Å². The van der Waals surface area contributed by atoms with Crippen LogP contribution in [0.4, 0.5) is 5.69 Å². The number of hydrogen-bond acceptors (Lipinski definition) is 4. The van der Waals surface area contributed by atoms with Crippen molar-refractivity contribution in [3.63, 3.8) is 0 Å². The van der Waals surface area contributed by atoms with Gasteiger partial charge in [-0.2, -0.15) is 0 Å². The summed E-state index contributed by atoms with van der Waals surface area (Å²) in [5.74, 6) is 1.39. The van der Waals surface area contributed by atoms with Gasteiger partial charge in [0.2, 0.25) is 5.91 Å². The van der Waals surface area contributed by atoms with Crippen LogP contribution in [-0.2, 0) is 11.2 Å². The summed E-state index contributed by atoms with van der Waals surface area (Å²) < 4.78 is 0. The number of hydrogen-bond donors (Lipinski definition) is 0. The smallest absolute Gasteiger partial charge is 0.269 e. The zero-order chi connectivity index (χ0) is 16.6. The molecule has 1 aromatic rings. The zero-order valence-corrected chi connectivity index (χ0v) is 14.1. The number of carbonyl (C=O) groups is 1. The second kappa shape index (κ2) is 6.35. The highest BCUT2D eigenvalue weighted by molar-refractivity contribution is 8.03. The lowest BCUT2D eigenvalue weighted by molar-refractivity contribution is -0.384. The Kier molecular flexibility index (Phi) is 4.43. The van der Waals surface area contributed by atoms with E-state index in [1.165, 1.54) is 17.0 Å². The molecule has 122 valence electrons. The minimum atomic E-state index is -0.391. The van der Waals surface area contributed by atoms with E-state index in [0.717, 1.165) is 29.9 Å². The number of fused-ring (bicyclic) bond motifs is 1.